The zero-order valence-corrected chi connectivity index (χ0v) is 16.7. The second kappa shape index (κ2) is 10.5. The van der Waals surface area contributed by atoms with Gasteiger partial charge in [0.2, 0.25) is 0 Å². The van der Waals surface area contributed by atoms with Gasteiger partial charge in [-0.05, 0) is 45.0 Å². The molecule has 2 aromatic rings. The summed E-state index contributed by atoms with van der Waals surface area (Å²) in [6.07, 6.45) is 5.69. The third kappa shape index (κ3) is 8.87. The first-order chi connectivity index (χ1) is 9.92. The van der Waals surface area contributed by atoms with Crippen LogP contribution in [0.3, 0.4) is 0 Å². The third-order valence-corrected chi connectivity index (χ3v) is 4.40. The van der Waals surface area contributed by atoms with Gasteiger partial charge < -0.3 is 9.88 Å². The molecule has 7 heteroatoms. The summed E-state index contributed by atoms with van der Waals surface area (Å²) in [6.45, 7) is 8.43. The molecule has 1 atom stereocenters. The molecule has 1 N–H and O–H groups in total. The van der Waals surface area contributed by atoms with Gasteiger partial charge in [-0.2, -0.15) is 0 Å². The van der Waals surface area contributed by atoms with Gasteiger partial charge in [0, 0.05) is 46.2 Å². The number of hydrogen-bond donors (Lipinski definition) is 1. The smallest absolute Gasteiger partial charge is 0.0946 e. The monoisotopic (exact) mass is 395 g/mol. The molecule has 1 heterocycles. The van der Waals surface area contributed by atoms with E-state index in [9.17, 15) is 0 Å². The number of thioether (sulfide) groups is 1. The van der Waals surface area contributed by atoms with Crippen LogP contribution in [-0.2, 0) is 6.54 Å². The average molecular weight is 397 g/mol. The number of aromatic nitrogens is 2. The van der Waals surface area contributed by atoms with Crippen LogP contribution in [0.1, 0.15) is 20.8 Å². The lowest BCUT2D eigenvalue weighted by molar-refractivity contribution is 0.417. The van der Waals surface area contributed by atoms with Crippen LogP contribution in [-0.4, -0.2) is 26.9 Å². The zero-order valence-electron chi connectivity index (χ0n) is 13.5. The van der Waals surface area contributed by atoms with Crippen molar-refractivity contribution in [3.63, 3.8) is 0 Å². The summed E-state index contributed by atoms with van der Waals surface area (Å²) in [5, 5.41) is 4.79. The summed E-state index contributed by atoms with van der Waals surface area (Å²) in [7, 11) is 0. The highest BCUT2D eigenvalue weighted by molar-refractivity contribution is 8.00. The highest BCUT2D eigenvalue weighted by atomic mass is 35.5. The van der Waals surface area contributed by atoms with Crippen molar-refractivity contribution in [1.82, 2.24) is 14.9 Å². The van der Waals surface area contributed by atoms with Gasteiger partial charge >= 0.3 is 0 Å². The Morgan fingerprint density at radius 1 is 1.22 bits per heavy atom. The van der Waals surface area contributed by atoms with Crippen LogP contribution < -0.4 is 5.32 Å². The van der Waals surface area contributed by atoms with Crippen LogP contribution in [0, 0.1) is 0 Å². The Bertz CT molecular complexity index is 539. The highest BCUT2D eigenvalue weighted by Crippen LogP contribution is 2.26. The number of hydrogen-bond acceptors (Lipinski definition) is 3. The van der Waals surface area contributed by atoms with Crippen LogP contribution in [0.5, 0.6) is 0 Å². The van der Waals surface area contributed by atoms with E-state index in [0.29, 0.717) is 5.25 Å². The maximum Gasteiger partial charge on any atom is 0.0946 e. The topological polar surface area (TPSA) is 29.9 Å². The molecule has 130 valence electrons. The second-order valence-electron chi connectivity index (χ2n) is 6.08. The number of halogens is 3. The van der Waals surface area contributed by atoms with E-state index in [1.54, 1.807) is 0 Å². The molecule has 0 bridgehead atoms. The molecule has 0 fully saturated rings. The van der Waals surface area contributed by atoms with E-state index in [4.69, 9.17) is 11.6 Å². The van der Waals surface area contributed by atoms with Crippen molar-refractivity contribution in [2.45, 2.75) is 43.0 Å². The van der Waals surface area contributed by atoms with Gasteiger partial charge in [-0.1, -0.05) is 11.6 Å². The summed E-state index contributed by atoms with van der Waals surface area (Å²) in [6, 6.07) is 8.03. The molecule has 0 amide bonds. The van der Waals surface area contributed by atoms with Crippen molar-refractivity contribution >= 4 is 48.2 Å². The summed E-state index contributed by atoms with van der Waals surface area (Å²) in [4.78, 5) is 5.35. The molecule has 1 aromatic heterocycles. The zero-order chi connectivity index (χ0) is 15.3. The Labute approximate surface area is 160 Å². The molecule has 0 spiro atoms. The summed E-state index contributed by atoms with van der Waals surface area (Å²) >= 11 is 7.82. The van der Waals surface area contributed by atoms with Gasteiger partial charge in [0.25, 0.3) is 0 Å². The molecule has 1 unspecified atom stereocenters. The molecule has 0 saturated heterocycles. The van der Waals surface area contributed by atoms with Crippen molar-refractivity contribution in [2.75, 3.05) is 6.54 Å². The quantitative estimate of drug-likeness (QED) is 0.702. The minimum absolute atomic E-state index is 0. The van der Waals surface area contributed by atoms with Gasteiger partial charge in [0.05, 0.1) is 6.33 Å². The predicted molar refractivity (Wildman–Crippen MR) is 106 cm³/mol. The number of imidazole rings is 1. The molecule has 2 rings (SSSR count). The van der Waals surface area contributed by atoms with E-state index in [-0.39, 0.29) is 30.4 Å². The van der Waals surface area contributed by atoms with Crippen molar-refractivity contribution in [3.8, 4) is 0 Å². The molecular formula is C16H24Cl3N3S. The molecular weight excluding hydrogens is 373 g/mol. The first-order valence-corrected chi connectivity index (χ1v) is 8.31. The molecule has 0 aliphatic carbocycles. The fraction of sp³-hybridized carbons (Fsp3) is 0.438. The van der Waals surface area contributed by atoms with E-state index < -0.39 is 0 Å². The minimum Gasteiger partial charge on any atom is -0.336 e. The van der Waals surface area contributed by atoms with Crippen LogP contribution in [0.15, 0.2) is 47.9 Å². The van der Waals surface area contributed by atoms with E-state index in [1.807, 2.05) is 42.6 Å². The Balaban J connectivity index is 0.00000242. The number of nitrogens with zero attached hydrogens (tertiary/aromatic N) is 2. The second-order valence-corrected chi connectivity index (χ2v) is 7.89. The van der Waals surface area contributed by atoms with Gasteiger partial charge in [0.1, 0.15) is 0 Å². The molecule has 0 saturated carbocycles. The fourth-order valence-electron chi connectivity index (χ4n) is 1.90. The lowest BCUT2D eigenvalue weighted by atomic mass is 10.1. The lowest BCUT2D eigenvalue weighted by Crippen LogP contribution is -2.41. The number of nitrogens with one attached hydrogen (secondary N) is 1. The van der Waals surface area contributed by atoms with Crippen LogP contribution in [0.2, 0.25) is 5.02 Å². The van der Waals surface area contributed by atoms with Crippen molar-refractivity contribution in [2.24, 2.45) is 0 Å². The number of rotatable bonds is 6. The maximum absolute atomic E-state index is 5.95. The lowest BCUT2D eigenvalue weighted by Gasteiger charge is -2.25. The largest absolute Gasteiger partial charge is 0.336 e. The van der Waals surface area contributed by atoms with Crippen molar-refractivity contribution < 1.29 is 0 Å². The summed E-state index contributed by atoms with van der Waals surface area (Å²) in [5.74, 6) is 0. The predicted octanol–water partition coefficient (Wildman–Crippen LogP) is 4.93. The number of benzene rings is 1. The Hall–Kier alpha value is -0.390. The molecule has 23 heavy (non-hydrogen) atoms. The van der Waals surface area contributed by atoms with Crippen LogP contribution in [0.4, 0.5) is 0 Å². The van der Waals surface area contributed by atoms with Gasteiger partial charge in [-0.25, -0.2) is 4.98 Å². The van der Waals surface area contributed by atoms with Gasteiger partial charge in [-0.15, -0.1) is 36.6 Å². The molecule has 1 aromatic carbocycles. The van der Waals surface area contributed by atoms with Crippen molar-refractivity contribution in [1.29, 1.82) is 0 Å². The Morgan fingerprint density at radius 3 is 2.39 bits per heavy atom. The Kier molecular flexibility index (Phi) is 10.3. The van der Waals surface area contributed by atoms with E-state index in [1.165, 1.54) is 4.90 Å². The fourth-order valence-corrected chi connectivity index (χ4v) is 3.12. The minimum atomic E-state index is 0. The highest BCUT2D eigenvalue weighted by Gasteiger charge is 2.16. The van der Waals surface area contributed by atoms with Crippen LogP contribution in [0.25, 0.3) is 0 Å². The van der Waals surface area contributed by atoms with E-state index in [0.717, 1.165) is 18.1 Å². The molecule has 0 aliphatic rings. The Morgan fingerprint density at radius 2 is 1.87 bits per heavy atom. The molecule has 0 radical (unpaired) electrons. The SMILES string of the molecule is CC(C)(C)NCC(Cn1ccnc1)Sc1ccc(Cl)cc1.Cl.Cl. The van der Waals surface area contributed by atoms with Gasteiger partial charge in [-0.3, -0.25) is 0 Å². The summed E-state index contributed by atoms with van der Waals surface area (Å²) < 4.78 is 2.12. The summed E-state index contributed by atoms with van der Waals surface area (Å²) in [5.41, 5.74) is 0.119. The first-order valence-electron chi connectivity index (χ1n) is 7.05. The standard InChI is InChI=1S/C16H22ClN3S.2ClH/c1-16(2,3)19-10-15(11-20-9-8-18-12-20)21-14-6-4-13(17)5-7-14;;/h4-9,12,15,19H,10-11H2,1-3H3;2*1H. The average Bonchev–Trinajstić information content (AvgIpc) is 2.91. The normalized spacial score (nSPS) is 12.2. The van der Waals surface area contributed by atoms with Gasteiger partial charge in [0.15, 0.2) is 0 Å². The van der Waals surface area contributed by atoms with Crippen LogP contribution >= 0.6 is 48.2 Å². The van der Waals surface area contributed by atoms with Crippen molar-refractivity contribution in [3.05, 3.63) is 48.0 Å². The molecule has 0 aliphatic heterocycles. The van der Waals surface area contributed by atoms with E-state index in [2.05, 4.69) is 47.8 Å². The third-order valence-electron chi connectivity index (χ3n) is 2.95. The van der Waals surface area contributed by atoms with E-state index >= 15 is 0 Å². The first kappa shape index (κ1) is 22.6. The maximum atomic E-state index is 5.95. The molecule has 3 nitrogen and oxygen atoms in total.